The summed E-state index contributed by atoms with van der Waals surface area (Å²) in [5.74, 6) is 1.62. The van der Waals surface area contributed by atoms with Crippen molar-refractivity contribution in [3.63, 3.8) is 0 Å². The van der Waals surface area contributed by atoms with E-state index in [0.29, 0.717) is 6.10 Å². The van der Waals surface area contributed by atoms with Crippen molar-refractivity contribution in [3.8, 4) is 0 Å². The molecule has 118 valence electrons. The molecular formula is C19H31NO. The molecule has 1 aliphatic rings. The van der Waals surface area contributed by atoms with E-state index in [1.807, 2.05) is 0 Å². The van der Waals surface area contributed by atoms with Gasteiger partial charge in [-0.3, -0.25) is 0 Å². The zero-order chi connectivity index (χ0) is 15.2. The lowest BCUT2D eigenvalue weighted by Crippen LogP contribution is -2.31. The van der Waals surface area contributed by atoms with Crippen LogP contribution in [0.5, 0.6) is 0 Å². The highest BCUT2D eigenvalue weighted by molar-refractivity contribution is 5.24. The number of likely N-dealkylation sites (N-methyl/N-ethyl adjacent to an activating group) is 1. The Morgan fingerprint density at radius 2 is 2.05 bits per heavy atom. The summed E-state index contributed by atoms with van der Waals surface area (Å²) < 4.78 is 6.49. The van der Waals surface area contributed by atoms with Gasteiger partial charge in [0.15, 0.2) is 0 Å². The Hall–Kier alpha value is -0.860. The van der Waals surface area contributed by atoms with Crippen LogP contribution in [-0.2, 0) is 4.74 Å². The summed E-state index contributed by atoms with van der Waals surface area (Å²) in [6, 6.07) is 8.75. The van der Waals surface area contributed by atoms with E-state index in [1.54, 1.807) is 0 Å². The van der Waals surface area contributed by atoms with Gasteiger partial charge in [-0.2, -0.15) is 0 Å². The standard InChI is InChI=1S/C19H31NO/c1-5-20-13-19(17-8-6-7-14(2)11-17)21-18-10-9-15(3)16(4)12-18/h6-8,11,15-16,18-20H,5,9-10,12-13H2,1-4H3. The van der Waals surface area contributed by atoms with Crippen LogP contribution in [0.1, 0.15) is 57.3 Å². The van der Waals surface area contributed by atoms with Crippen LogP contribution < -0.4 is 5.32 Å². The lowest BCUT2D eigenvalue weighted by atomic mass is 9.80. The third-order valence-corrected chi connectivity index (χ3v) is 4.90. The molecule has 1 aromatic rings. The Balaban J connectivity index is 2.02. The average molecular weight is 289 g/mol. The maximum atomic E-state index is 6.49. The Morgan fingerprint density at radius 1 is 1.24 bits per heavy atom. The topological polar surface area (TPSA) is 21.3 Å². The van der Waals surface area contributed by atoms with Gasteiger partial charge in [-0.15, -0.1) is 0 Å². The molecule has 0 saturated heterocycles. The molecule has 4 unspecified atom stereocenters. The third kappa shape index (κ3) is 4.82. The zero-order valence-electron chi connectivity index (χ0n) is 14.1. The van der Waals surface area contributed by atoms with Gasteiger partial charge in [-0.1, -0.05) is 50.6 Å². The van der Waals surface area contributed by atoms with Crippen molar-refractivity contribution >= 4 is 0 Å². The van der Waals surface area contributed by atoms with Crippen molar-refractivity contribution in [2.75, 3.05) is 13.1 Å². The van der Waals surface area contributed by atoms with E-state index in [4.69, 9.17) is 4.74 Å². The quantitative estimate of drug-likeness (QED) is 0.833. The van der Waals surface area contributed by atoms with Crippen molar-refractivity contribution in [1.82, 2.24) is 5.32 Å². The van der Waals surface area contributed by atoms with Crippen molar-refractivity contribution in [2.45, 2.75) is 59.2 Å². The fraction of sp³-hybridized carbons (Fsp3) is 0.684. The first kappa shape index (κ1) is 16.5. The maximum Gasteiger partial charge on any atom is 0.0953 e. The van der Waals surface area contributed by atoms with Gasteiger partial charge in [0.2, 0.25) is 0 Å². The summed E-state index contributed by atoms with van der Waals surface area (Å²) in [4.78, 5) is 0. The summed E-state index contributed by atoms with van der Waals surface area (Å²) in [5.41, 5.74) is 2.62. The minimum atomic E-state index is 0.176. The van der Waals surface area contributed by atoms with Crippen LogP contribution in [0.3, 0.4) is 0 Å². The molecule has 1 fully saturated rings. The van der Waals surface area contributed by atoms with E-state index in [2.05, 4.69) is 57.3 Å². The molecule has 1 aliphatic carbocycles. The summed E-state index contributed by atoms with van der Waals surface area (Å²) >= 11 is 0. The molecule has 0 amide bonds. The normalized spacial score (nSPS) is 27.5. The second-order valence-electron chi connectivity index (χ2n) is 6.74. The van der Waals surface area contributed by atoms with Gasteiger partial charge in [-0.25, -0.2) is 0 Å². The Labute approximate surface area is 130 Å². The van der Waals surface area contributed by atoms with Gasteiger partial charge in [0.25, 0.3) is 0 Å². The molecule has 0 radical (unpaired) electrons. The minimum absolute atomic E-state index is 0.176. The first-order valence-corrected chi connectivity index (χ1v) is 8.52. The van der Waals surface area contributed by atoms with E-state index in [1.165, 1.54) is 30.4 Å². The molecule has 21 heavy (non-hydrogen) atoms. The highest BCUT2D eigenvalue weighted by Crippen LogP contribution is 2.33. The molecule has 0 heterocycles. The first-order chi connectivity index (χ1) is 10.1. The SMILES string of the molecule is CCNCC(OC1CCC(C)C(C)C1)c1cccc(C)c1. The van der Waals surface area contributed by atoms with Gasteiger partial charge < -0.3 is 10.1 Å². The maximum absolute atomic E-state index is 6.49. The van der Waals surface area contributed by atoms with Gasteiger partial charge >= 0.3 is 0 Å². The van der Waals surface area contributed by atoms with Crippen LogP contribution in [0.2, 0.25) is 0 Å². The van der Waals surface area contributed by atoms with Gasteiger partial charge in [0, 0.05) is 6.54 Å². The van der Waals surface area contributed by atoms with Crippen LogP contribution in [0.15, 0.2) is 24.3 Å². The molecule has 1 aromatic carbocycles. The summed E-state index contributed by atoms with van der Waals surface area (Å²) in [7, 11) is 0. The summed E-state index contributed by atoms with van der Waals surface area (Å²) in [6.07, 6.45) is 4.30. The minimum Gasteiger partial charge on any atom is -0.369 e. The highest BCUT2D eigenvalue weighted by atomic mass is 16.5. The number of hydrogen-bond acceptors (Lipinski definition) is 2. The highest BCUT2D eigenvalue weighted by Gasteiger charge is 2.27. The lowest BCUT2D eigenvalue weighted by Gasteiger charge is -2.34. The number of hydrogen-bond donors (Lipinski definition) is 1. The molecule has 2 rings (SSSR count). The lowest BCUT2D eigenvalue weighted by molar-refractivity contribution is -0.0478. The average Bonchev–Trinajstić information content (AvgIpc) is 2.47. The van der Waals surface area contributed by atoms with E-state index in [-0.39, 0.29) is 6.10 Å². The van der Waals surface area contributed by atoms with Gasteiger partial charge in [0.1, 0.15) is 0 Å². The van der Waals surface area contributed by atoms with E-state index in [0.717, 1.165) is 24.9 Å². The molecule has 0 bridgehead atoms. The number of nitrogens with one attached hydrogen (secondary N) is 1. The monoisotopic (exact) mass is 289 g/mol. The predicted molar refractivity (Wildman–Crippen MR) is 89.5 cm³/mol. The van der Waals surface area contributed by atoms with Gasteiger partial charge in [0.05, 0.1) is 12.2 Å². The molecule has 1 N–H and O–H groups in total. The largest absolute Gasteiger partial charge is 0.369 e. The van der Waals surface area contributed by atoms with Crippen LogP contribution in [-0.4, -0.2) is 19.2 Å². The van der Waals surface area contributed by atoms with Crippen molar-refractivity contribution in [3.05, 3.63) is 35.4 Å². The molecular weight excluding hydrogens is 258 g/mol. The fourth-order valence-electron chi connectivity index (χ4n) is 3.24. The summed E-state index contributed by atoms with van der Waals surface area (Å²) in [5, 5.41) is 3.45. The van der Waals surface area contributed by atoms with Crippen molar-refractivity contribution in [2.24, 2.45) is 11.8 Å². The fourth-order valence-corrected chi connectivity index (χ4v) is 3.24. The number of ether oxygens (including phenoxy) is 1. The van der Waals surface area contributed by atoms with Crippen LogP contribution >= 0.6 is 0 Å². The number of benzene rings is 1. The third-order valence-electron chi connectivity index (χ3n) is 4.90. The first-order valence-electron chi connectivity index (χ1n) is 8.52. The molecule has 0 spiro atoms. The molecule has 2 heteroatoms. The Bertz CT molecular complexity index is 431. The number of rotatable bonds is 6. The van der Waals surface area contributed by atoms with Crippen LogP contribution in [0.4, 0.5) is 0 Å². The Morgan fingerprint density at radius 3 is 2.71 bits per heavy atom. The molecule has 2 nitrogen and oxygen atoms in total. The predicted octanol–water partition coefficient (Wildman–Crippen LogP) is 4.49. The summed E-state index contributed by atoms with van der Waals surface area (Å²) in [6.45, 7) is 10.9. The molecule has 0 aromatic heterocycles. The smallest absolute Gasteiger partial charge is 0.0953 e. The van der Waals surface area contributed by atoms with Crippen molar-refractivity contribution in [1.29, 1.82) is 0 Å². The molecule has 0 aliphatic heterocycles. The number of aryl methyl sites for hydroxylation is 1. The van der Waals surface area contributed by atoms with Crippen LogP contribution in [0.25, 0.3) is 0 Å². The van der Waals surface area contributed by atoms with E-state index < -0.39 is 0 Å². The second kappa shape index (κ2) is 7.95. The second-order valence-corrected chi connectivity index (χ2v) is 6.74. The Kier molecular flexibility index (Phi) is 6.25. The zero-order valence-corrected chi connectivity index (χ0v) is 14.1. The van der Waals surface area contributed by atoms with E-state index in [9.17, 15) is 0 Å². The molecule has 4 atom stereocenters. The van der Waals surface area contributed by atoms with Gasteiger partial charge in [-0.05, 0) is 50.1 Å². The van der Waals surface area contributed by atoms with E-state index >= 15 is 0 Å². The van der Waals surface area contributed by atoms with Crippen LogP contribution in [0, 0.1) is 18.8 Å². The molecule has 1 saturated carbocycles. The van der Waals surface area contributed by atoms with Crippen molar-refractivity contribution < 1.29 is 4.74 Å².